The van der Waals surface area contributed by atoms with Crippen molar-refractivity contribution in [3.8, 4) is 0 Å². The summed E-state index contributed by atoms with van der Waals surface area (Å²) in [5.41, 5.74) is 0. The number of hydrogen-bond donors (Lipinski definition) is 3. The summed E-state index contributed by atoms with van der Waals surface area (Å²) in [5.74, 6) is -1.47. The first-order chi connectivity index (χ1) is 8.79. The average Bonchev–Trinajstić information content (AvgIpc) is 2.67. The van der Waals surface area contributed by atoms with E-state index in [2.05, 4.69) is 10.6 Å². The fraction of sp³-hybridized carbons (Fsp3) is 0.625. The molecule has 2 rings (SSSR count). The molecular weight excluding hydrogens is 303 g/mol. The second-order valence-corrected chi connectivity index (χ2v) is 5.46. The monoisotopic (exact) mass is 316 g/mol. The number of amides is 4. The molecule has 0 aliphatic carbocycles. The summed E-state index contributed by atoms with van der Waals surface area (Å²) < 4.78 is 30.2. The number of nitrogens with one attached hydrogen (secondary N) is 2. The number of carbonyl (C=O) groups is 3. The van der Waals surface area contributed by atoms with Crippen LogP contribution in [0.15, 0.2) is 0 Å². The average molecular weight is 316 g/mol. The van der Waals surface area contributed by atoms with E-state index in [1.807, 2.05) is 0 Å². The molecule has 2 aliphatic rings. The van der Waals surface area contributed by atoms with Gasteiger partial charge in [0.2, 0.25) is 5.91 Å². The van der Waals surface area contributed by atoms with Gasteiger partial charge in [-0.15, -0.1) is 0 Å². The van der Waals surface area contributed by atoms with E-state index in [1.54, 1.807) is 0 Å². The topological polar surface area (TPSA) is 136 Å². The molecule has 0 bridgehead atoms. The van der Waals surface area contributed by atoms with Gasteiger partial charge in [0.25, 0.3) is 5.91 Å². The molecule has 0 radical (unpaired) electrons. The summed E-state index contributed by atoms with van der Waals surface area (Å²) in [6, 6.07) is -1.35. The Hall–Kier alpha value is -0.880. The number of β-lactam (4-membered cyclic amide) rings is 1. The Labute approximate surface area is 138 Å². The Morgan fingerprint density at radius 3 is 2.60 bits per heavy atom. The summed E-state index contributed by atoms with van der Waals surface area (Å²) in [6.07, 6.45) is 0. The Morgan fingerprint density at radius 2 is 2.15 bits per heavy atom. The Balaban J connectivity index is 0.00000200. The van der Waals surface area contributed by atoms with E-state index in [0.29, 0.717) is 13.1 Å². The van der Waals surface area contributed by atoms with Gasteiger partial charge in [-0.2, -0.15) is 8.42 Å². The second kappa shape index (κ2) is 6.26. The summed E-state index contributed by atoms with van der Waals surface area (Å²) in [6.45, 7) is 0.324. The van der Waals surface area contributed by atoms with Crippen molar-refractivity contribution in [2.45, 2.75) is 6.04 Å². The molecule has 20 heavy (non-hydrogen) atoms. The van der Waals surface area contributed by atoms with Crippen molar-refractivity contribution in [1.82, 2.24) is 19.8 Å². The van der Waals surface area contributed by atoms with Gasteiger partial charge in [-0.05, 0) is 0 Å². The third-order valence-electron chi connectivity index (χ3n) is 2.79. The zero-order chi connectivity index (χ0) is 14.2. The fourth-order valence-electron chi connectivity index (χ4n) is 1.79. The largest absolute Gasteiger partial charge is 1.00 e. The number of carbonyl (C=O) groups excluding carboxylic acids is 3. The number of hydrogen-bond acceptors (Lipinski definition) is 5. The molecule has 2 fully saturated rings. The van der Waals surface area contributed by atoms with Gasteiger partial charge in [0.1, 0.15) is 12.6 Å². The number of nitrogens with zero attached hydrogens (tertiary/aromatic N) is 2. The van der Waals surface area contributed by atoms with E-state index in [0.717, 1.165) is 0 Å². The standard InChI is InChI=1S/C8H12N4O6S.Na.H/c13-6(4-11-2-1-9-8(11)15)10-5-3-12(7(5)14)19(16,17)18;;/h5H,1-4H2,(H,9,15)(H,10,13)(H,16,17,18);;/q;+1;-1. The van der Waals surface area contributed by atoms with Crippen LogP contribution in [0.25, 0.3) is 0 Å². The van der Waals surface area contributed by atoms with Gasteiger partial charge in [-0.3, -0.25) is 14.1 Å². The first kappa shape index (κ1) is 17.2. The van der Waals surface area contributed by atoms with Crippen molar-refractivity contribution < 1.29 is 58.3 Å². The van der Waals surface area contributed by atoms with Crippen LogP contribution in [0, 0.1) is 0 Å². The minimum atomic E-state index is -4.56. The molecule has 2 aliphatic heterocycles. The van der Waals surface area contributed by atoms with Gasteiger partial charge >= 0.3 is 45.9 Å². The van der Waals surface area contributed by atoms with E-state index in [-0.39, 0.29) is 54.4 Å². The third kappa shape index (κ3) is 3.61. The van der Waals surface area contributed by atoms with Crippen molar-refractivity contribution in [1.29, 1.82) is 0 Å². The molecule has 1 atom stereocenters. The van der Waals surface area contributed by atoms with Crippen LogP contribution in [0.2, 0.25) is 0 Å². The third-order valence-corrected chi connectivity index (χ3v) is 3.67. The van der Waals surface area contributed by atoms with Crippen molar-refractivity contribution in [3.05, 3.63) is 0 Å². The quantitative estimate of drug-likeness (QED) is 0.269. The van der Waals surface area contributed by atoms with Gasteiger partial charge in [-0.1, -0.05) is 0 Å². The molecule has 10 nitrogen and oxygen atoms in total. The van der Waals surface area contributed by atoms with E-state index in [9.17, 15) is 22.8 Å². The predicted octanol–water partition coefficient (Wildman–Crippen LogP) is -5.74. The maximum atomic E-state index is 11.5. The van der Waals surface area contributed by atoms with Crippen molar-refractivity contribution in [3.63, 3.8) is 0 Å². The molecule has 0 aromatic rings. The molecule has 0 spiro atoms. The van der Waals surface area contributed by atoms with Gasteiger partial charge in [0, 0.05) is 13.1 Å². The summed E-state index contributed by atoms with van der Waals surface area (Å²) in [4.78, 5) is 35.3. The molecule has 0 saturated carbocycles. The van der Waals surface area contributed by atoms with Gasteiger partial charge in [0.15, 0.2) is 0 Å². The minimum absolute atomic E-state index is 0. The van der Waals surface area contributed by atoms with Gasteiger partial charge in [-0.25, -0.2) is 9.10 Å². The van der Waals surface area contributed by atoms with E-state index in [1.165, 1.54) is 4.90 Å². The predicted molar refractivity (Wildman–Crippen MR) is 61.3 cm³/mol. The summed E-state index contributed by atoms with van der Waals surface area (Å²) >= 11 is 0. The van der Waals surface area contributed by atoms with Crippen LogP contribution in [-0.2, 0) is 19.9 Å². The molecule has 2 heterocycles. The van der Waals surface area contributed by atoms with E-state index in [4.69, 9.17) is 4.55 Å². The first-order valence-corrected chi connectivity index (χ1v) is 6.80. The Kier molecular flexibility index (Phi) is 5.38. The van der Waals surface area contributed by atoms with Crippen LogP contribution < -0.4 is 40.2 Å². The zero-order valence-corrected chi connectivity index (χ0v) is 13.5. The molecule has 3 N–H and O–H groups in total. The molecule has 4 amide bonds. The SMILES string of the molecule is O=C(CN1CCNC1=O)NC1CN(S(=O)(=O)O)C1=O.[H-].[Na+]. The van der Waals surface area contributed by atoms with Crippen molar-refractivity contribution >= 4 is 28.1 Å². The number of urea groups is 1. The maximum absolute atomic E-state index is 11.5. The first-order valence-electron chi connectivity index (χ1n) is 5.40. The van der Waals surface area contributed by atoms with E-state index >= 15 is 0 Å². The Morgan fingerprint density at radius 1 is 1.50 bits per heavy atom. The molecule has 12 heteroatoms. The Bertz CT molecular complexity index is 543. The summed E-state index contributed by atoms with van der Waals surface area (Å²) in [7, 11) is -4.56. The molecule has 108 valence electrons. The smallest absolute Gasteiger partial charge is 1.00 e. The van der Waals surface area contributed by atoms with Crippen LogP contribution >= 0.6 is 0 Å². The van der Waals surface area contributed by atoms with Crippen molar-refractivity contribution in [2.24, 2.45) is 0 Å². The molecule has 1 unspecified atom stereocenters. The van der Waals surface area contributed by atoms with Crippen molar-refractivity contribution in [2.75, 3.05) is 26.2 Å². The number of rotatable bonds is 4. The normalized spacial score (nSPS) is 21.9. The van der Waals surface area contributed by atoms with Crippen LogP contribution in [0.3, 0.4) is 0 Å². The van der Waals surface area contributed by atoms with Crippen LogP contribution in [0.4, 0.5) is 4.79 Å². The van der Waals surface area contributed by atoms with Crippen LogP contribution in [-0.4, -0.2) is 72.2 Å². The zero-order valence-electron chi connectivity index (χ0n) is 11.7. The molecule has 0 aromatic carbocycles. The van der Waals surface area contributed by atoms with Gasteiger partial charge < -0.3 is 17.0 Å². The fourth-order valence-corrected chi connectivity index (χ4v) is 2.48. The second-order valence-electron chi connectivity index (χ2n) is 4.12. The van der Waals surface area contributed by atoms with Crippen LogP contribution in [0.5, 0.6) is 0 Å². The van der Waals surface area contributed by atoms with Crippen LogP contribution in [0.1, 0.15) is 1.43 Å². The molecule has 0 aromatic heterocycles. The summed E-state index contributed by atoms with van der Waals surface area (Å²) in [5, 5.41) is 4.80. The molecule has 2 saturated heterocycles. The maximum Gasteiger partial charge on any atom is 1.00 e. The minimum Gasteiger partial charge on any atom is -1.00 e. The van der Waals surface area contributed by atoms with E-state index < -0.39 is 28.2 Å². The van der Waals surface area contributed by atoms with Gasteiger partial charge in [0.05, 0.1) is 6.54 Å². The molecular formula is C8H13N4NaO6S.